The van der Waals surface area contributed by atoms with Crippen LogP contribution in [0.1, 0.15) is 18.3 Å². The molecule has 21 heavy (non-hydrogen) atoms. The van der Waals surface area contributed by atoms with E-state index in [1.165, 1.54) is 0 Å². The fraction of sp³-hybridized carbons (Fsp3) is 0.385. The minimum Gasteiger partial charge on any atom is -0.491 e. The van der Waals surface area contributed by atoms with Crippen molar-refractivity contribution in [3.63, 3.8) is 0 Å². The molecule has 1 unspecified atom stereocenters. The van der Waals surface area contributed by atoms with E-state index in [1.54, 1.807) is 6.92 Å². The average molecular weight is 317 g/mol. The lowest BCUT2D eigenvalue weighted by molar-refractivity contribution is -0.144. The van der Waals surface area contributed by atoms with E-state index in [-0.39, 0.29) is 11.2 Å². The number of hydrogen-bond acceptors (Lipinski definition) is 5. The highest BCUT2D eigenvalue weighted by Crippen LogP contribution is 2.29. The summed E-state index contributed by atoms with van der Waals surface area (Å²) < 4.78 is 45.9. The summed E-state index contributed by atoms with van der Waals surface area (Å²) in [7, 11) is 0. The fourth-order valence-electron chi connectivity index (χ4n) is 1.51. The second kappa shape index (κ2) is 6.30. The molecular weight excluding hydrogens is 303 g/mol. The van der Waals surface area contributed by atoms with Gasteiger partial charge in [0.25, 0.3) is 0 Å². The van der Waals surface area contributed by atoms with Crippen LogP contribution in [0.5, 0.6) is 5.75 Å². The quantitative estimate of drug-likeness (QED) is 0.912. The van der Waals surface area contributed by atoms with Gasteiger partial charge in [0.1, 0.15) is 12.4 Å². The molecule has 0 amide bonds. The second-order valence-electron chi connectivity index (χ2n) is 4.59. The standard InChI is InChI=1S/C13H14F3N3OS/c1-8-3-5-10(6-4-8)20-7-9(2)17-12-18-11(19-21-12)13(14,15)16/h3-6,9H,7H2,1-2H3,(H,17,18,19). The predicted octanol–water partition coefficient (Wildman–Crippen LogP) is 3.74. The Labute approximate surface area is 124 Å². The van der Waals surface area contributed by atoms with Crippen LogP contribution in [0.3, 0.4) is 0 Å². The monoisotopic (exact) mass is 317 g/mol. The topological polar surface area (TPSA) is 47.0 Å². The van der Waals surface area contributed by atoms with Crippen LogP contribution in [-0.4, -0.2) is 22.0 Å². The van der Waals surface area contributed by atoms with E-state index in [2.05, 4.69) is 14.7 Å². The summed E-state index contributed by atoms with van der Waals surface area (Å²) in [4.78, 5) is 3.40. The van der Waals surface area contributed by atoms with Gasteiger partial charge in [0.2, 0.25) is 11.0 Å². The molecule has 0 radical (unpaired) electrons. The molecular formula is C13H14F3N3OS. The third-order valence-corrected chi connectivity index (χ3v) is 3.22. The second-order valence-corrected chi connectivity index (χ2v) is 5.34. The highest BCUT2D eigenvalue weighted by atomic mass is 32.1. The van der Waals surface area contributed by atoms with E-state index in [9.17, 15) is 13.2 Å². The zero-order chi connectivity index (χ0) is 15.5. The number of hydrogen-bond donors (Lipinski definition) is 1. The first kappa shape index (κ1) is 15.6. The van der Waals surface area contributed by atoms with Crippen LogP contribution in [0.4, 0.5) is 18.3 Å². The maximum absolute atomic E-state index is 12.4. The molecule has 1 aromatic heterocycles. The zero-order valence-corrected chi connectivity index (χ0v) is 12.3. The average Bonchev–Trinajstić information content (AvgIpc) is 2.86. The number of halogens is 3. The lowest BCUT2D eigenvalue weighted by Crippen LogP contribution is -2.23. The van der Waals surface area contributed by atoms with E-state index in [4.69, 9.17) is 4.74 Å². The third-order valence-electron chi connectivity index (χ3n) is 2.57. The number of anilines is 1. The van der Waals surface area contributed by atoms with Crippen molar-refractivity contribution in [1.82, 2.24) is 9.36 Å². The maximum atomic E-state index is 12.4. The first-order valence-corrected chi connectivity index (χ1v) is 6.99. The van der Waals surface area contributed by atoms with Gasteiger partial charge in [-0.25, -0.2) is 0 Å². The van der Waals surface area contributed by atoms with Crippen molar-refractivity contribution in [2.75, 3.05) is 11.9 Å². The molecule has 0 fully saturated rings. The number of ether oxygens (including phenoxy) is 1. The van der Waals surface area contributed by atoms with Crippen molar-refractivity contribution >= 4 is 16.7 Å². The molecule has 4 nitrogen and oxygen atoms in total. The Morgan fingerprint density at radius 2 is 1.95 bits per heavy atom. The summed E-state index contributed by atoms with van der Waals surface area (Å²) in [6.07, 6.45) is -4.52. The van der Waals surface area contributed by atoms with E-state index in [1.807, 2.05) is 31.2 Å². The number of nitrogens with zero attached hydrogens (tertiary/aromatic N) is 2. The van der Waals surface area contributed by atoms with Crippen molar-refractivity contribution in [2.24, 2.45) is 0 Å². The first-order chi connectivity index (χ1) is 9.84. The van der Waals surface area contributed by atoms with Crippen LogP contribution < -0.4 is 10.1 Å². The molecule has 0 bridgehead atoms. The summed E-state index contributed by atoms with van der Waals surface area (Å²) in [5.41, 5.74) is 1.13. The molecule has 8 heteroatoms. The fourth-order valence-corrected chi connectivity index (χ4v) is 2.20. The SMILES string of the molecule is Cc1ccc(OCC(C)Nc2nc(C(F)(F)F)ns2)cc1. The molecule has 1 heterocycles. The van der Waals surface area contributed by atoms with E-state index < -0.39 is 12.0 Å². The van der Waals surface area contributed by atoms with Crippen molar-refractivity contribution in [1.29, 1.82) is 0 Å². The van der Waals surface area contributed by atoms with Crippen LogP contribution >= 0.6 is 11.5 Å². The van der Waals surface area contributed by atoms with Crippen molar-refractivity contribution < 1.29 is 17.9 Å². The van der Waals surface area contributed by atoms with Crippen LogP contribution in [0, 0.1) is 6.92 Å². The van der Waals surface area contributed by atoms with Gasteiger partial charge in [0, 0.05) is 11.5 Å². The van der Waals surface area contributed by atoms with E-state index in [0.29, 0.717) is 23.9 Å². The number of aromatic nitrogens is 2. The Kier molecular flexibility index (Phi) is 4.66. The Balaban J connectivity index is 1.85. The van der Waals surface area contributed by atoms with Crippen molar-refractivity contribution in [2.45, 2.75) is 26.1 Å². The summed E-state index contributed by atoms with van der Waals surface area (Å²) >= 11 is 0.681. The van der Waals surface area contributed by atoms with Crippen molar-refractivity contribution in [3.05, 3.63) is 35.7 Å². The van der Waals surface area contributed by atoms with Gasteiger partial charge in [-0.2, -0.15) is 22.5 Å². The van der Waals surface area contributed by atoms with Gasteiger partial charge in [0.15, 0.2) is 0 Å². The predicted molar refractivity (Wildman–Crippen MR) is 74.7 cm³/mol. The summed E-state index contributed by atoms with van der Waals surface area (Å²) in [6.45, 7) is 4.08. The van der Waals surface area contributed by atoms with Gasteiger partial charge < -0.3 is 10.1 Å². The van der Waals surface area contributed by atoms with Gasteiger partial charge in [-0.3, -0.25) is 0 Å². The highest BCUT2D eigenvalue weighted by Gasteiger charge is 2.36. The van der Waals surface area contributed by atoms with Gasteiger partial charge in [-0.05, 0) is 26.0 Å². The van der Waals surface area contributed by atoms with E-state index >= 15 is 0 Å². The van der Waals surface area contributed by atoms with Crippen LogP contribution in [-0.2, 0) is 6.18 Å². The summed E-state index contributed by atoms with van der Waals surface area (Å²) in [5.74, 6) is -0.413. The molecule has 0 saturated heterocycles. The molecule has 2 rings (SSSR count). The van der Waals surface area contributed by atoms with Gasteiger partial charge >= 0.3 is 6.18 Å². The first-order valence-electron chi connectivity index (χ1n) is 6.21. The maximum Gasteiger partial charge on any atom is 0.452 e. The molecule has 1 atom stereocenters. The van der Waals surface area contributed by atoms with Gasteiger partial charge in [0.05, 0.1) is 6.04 Å². The van der Waals surface area contributed by atoms with Gasteiger partial charge in [-0.1, -0.05) is 17.7 Å². The smallest absolute Gasteiger partial charge is 0.452 e. The Morgan fingerprint density at radius 1 is 1.29 bits per heavy atom. The number of aryl methyl sites for hydroxylation is 1. The molecule has 0 spiro atoms. The Bertz CT molecular complexity index is 583. The minimum absolute atomic E-state index is 0.127. The van der Waals surface area contributed by atoms with E-state index in [0.717, 1.165) is 5.56 Å². The molecule has 0 aliphatic carbocycles. The van der Waals surface area contributed by atoms with Crippen molar-refractivity contribution in [3.8, 4) is 5.75 Å². The van der Waals surface area contributed by atoms with Crippen LogP contribution in [0.2, 0.25) is 0 Å². The highest BCUT2D eigenvalue weighted by molar-refractivity contribution is 7.09. The third kappa shape index (κ3) is 4.59. The summed E-state index contributed by atoms with van der Waals surface area (Å²) in [6, 6.07) is 7.34. The number of alkyl halides is 3. The van der Waals surface area contributed by atoms with Gasteiger partial charge in [-0.15, -0.1) is 0 Å². The Morgan fingerprint density at radius 3 is 2.52 bits per heavy atom. The zero-order valence-electron chi connectivity index (χ0n) is 11.4. The van der Waals surface area contributed by atoms with Crippen LogP contribution in [0.25, 0.3) is 0 Å². The van der Waals surface area contributed by atoms with Crippen LogP contribution in [0.15, 0.2) is 24.3 Å². The number of rotatable bonds is 5. The summed E-state index contributed by atoms with van der Waals surface area (Å²) in [5, 5.41) is 2.96. The molecule has 1 N–H and O–H groups in total. The largest absolute Gasteiger partial charge is 0.491 e. The minimum atomic E-state index is -4.52. The molecule has 114 valence electrons. The Hall–Kier alpha value is -1.83. The number of benzene rings is 1. The molecule has 0 saturated carbocycles. The molecule has 2 aromatic rings. The molecule has 0 aliphatic heterocycles. The lowest BCUT2D eigenvalue weighted by atomic mass is 10.2. The molecule has 1 aromatic carbocycles. The lowest BCUT2D eigenvalue weighted by Gasteiger charge is -2.14. The molecule has 0 aliphatic rings. The number of nitrogens with one attached hydrogen (secondary N) is 1. The normalized spacial score (nSPS) is 13.0.